The molecule has 1 aliphatic rings. The quantitative estimate of drug-likeness (QED) is 0.594. The van der Waals surface area contributed by atoms with Crippen LogP contribution in [0.2, 0.25) is 0 Å². The molecule has 31 heavy (non-hydrogen) atoms. The first-order valence-electron chi connectivity index (χ1n) is 10.3. The summed E-state index contributed by atoms with van der Waals surface area (Å²) < 4.78 is 47.1. The summed E-state index contributed by atoms with van der Waals surface area (Å²) in [5, 5.41) is 2.75. The van der Waals surface area contributed by atoms with E-state index in [4.69, 9.17) is 4.74 Å². The highest BCUT2D eigenvalue weighted by Crippen LogP contribution is 2.26. The lowest BCUT2D eigenvalue weighted by molar-refractivity contribution is -0.119. The molecule has 0 bridgehead atoms. The van der Waals surface area contributed by atoms with Gasteiger partial charge in [0.2, 0.25) is 5.91 Å². The smallest absolute Gasteiger partial charge is 0.264 e. The fourth-order valence-electron chi connectivity index (χ4n) is 3.33. The van der Waals surface area contributed by atoms with Crippen LogP contribution in [0.5, 0.6) is 0 Å². The number of nitrogens with one attached hydrogen (secondary N) is 1. The van der Waals surface area contributed by atoms with E-state index in [2.05, 4.69) is 10.2 Å². The van der Waals surface area contributed by atoms with Crippen molar-refractivity contribution in [2.75, 3.05) is 50.2 Å². The van der Waals surface area contributed by atoms with Crippen molar-refractivity contribution in [3.8, 4) is 0 Å². The normalized spacial score (nSPS) is 14.9. The van der Waals surface area contributed by atoms with Gasteiger partial charge in [-0.2, -0.15) is 0 Å². The third kappa shape index (κ3) is 6.25. The molecule has 0 aliphatic carbocycles. The van der Waals surface area contributed by atoms with Crippen LogP contribution in [0, 0.1) is 12.7 Å². The fourth-order valence-corrected chi connectivity index (χ4v) is 4.76. The van der Waals surface area contributed by atoms with E-state index >= 15 is 0 Å². The molecule has 0 saturated carbocycles. The van der Waals surface area contributed by atoms with Gasteiger partial charge in [-0.1, -0.05) is 29.8 Å². The maximum atomic E-state index is 14.5. The summed E-state index contributed by atoms with van der Waals surface area (Å²) in [6.45, 7) is 5.72. The lowest BCUT2D eigenvalue weighted by Gasteiger charge is -2.26. The maximum absolute atomic E-state index is 14.5. The summed E-state index contributed by atoms with van der Waals surface area (Å²) in [7, 11) is -4.13. The molecule has 1 heterocycles. The van der Waals surface area contributed by atoms with Crippen molar-refractivity contribution in [1.82, 2.24) is 10.2 Å². The van der Waals surface area contributed by atoms with Crippen LogP contribution >= 0.6 is 0 Å². The van der Waals surface area contributed by atoms with Crippen LogP contribution < -0.4 is 9.62 Å². The molecular weight excluding hydrogens is 421 g/mol. The Bertz CT molecular complexity index is 977. The number of amides is 1. The second kappa shape index (κ2) is 10.7. The largest absolute Gasteiger partial charge is 0.379 e. The first-order valence-corrected chi connectivity index (χ1v) is 11.7. The fraction of sp³-hybridized carbons (Fsp3) is 0.409. The topological polar surface area (TPSA) is 79.0 Å². The highest BCUT2D eigenvalue weighted by molar-refractivity contribution is 7.92. The summed E-state index contributed by atoms with van der Waals surface area (Å²) in [5.74, 6) is -1.20. The molecule has 2 aromatic carbocycles. The molecule has 0 spiro atoms. The van der Waals surface area contributed by atoms with Gasteiger partial charge < -0.3 is 10.1 Å². The Kier molecular flexibility index (Phi) is 8.00. The van der Waals surface area contributed by atoms with Gasteiger partial charge in [0.05, 0.1) is 23.8 Å². The average Bonchev–Trinajstić information content (AvgIpc) is 2.77. The first-order chi connectivity index (χ1) is 14.9. The van der Waals surface area contributed by atoms with Crippen molar-refractivity contribution >= 4 is 21.6 Å². The molecule has 0 unspecified atom stereocenters. The van der Waals surface area contributed by atoms with Gasteiger partial charge in [0.25, 0.3) is 10.0 Å². The van der Waals surface area contributed by atoms with Crippen molar-refractivity contribution in [2.24, 2.45) is 0 Å². The van der Waals surface area contributed by atoms with Gasteiger partial charge in [-0.25, -0.2) is 12.8 Å². The zero-order chi connectivity index (χ0) is 22.3. The summed E-state index contributed by atoms with van der Waals surface area (Å²) in [5.41, 5.74) is 0.737. The van der Waals surface area contributed by atoms with Gasteiger partial charge in [0.15, 0.2) is 0 Å². The number of hydrogen-bond donors (Lipinski definition) is 1. The van der Waals surface area contributed by atoms with Crippen molar-refractivity contribution in [3.63, 3.8) is 0 Å². The molecule has 1 fully saturated rings. The van der Waals surface area contributed by atoms with Gasteiger partial charge in [0.1, 0.15) is 12.4 Å². The number of hydrogen-bond acceptors (Lipinski definition) is 5. The van der Waals surface area contributed by atoms with Crippen LogP contribution in [0.1, 0.15) is 12.0 Å². The van der Waals surface area contributed by atoms with Crippen LogP contribution in [0.25, 0.3) is 0 Å². The summed E-state index contributed by atoms with van der Waals surface area (Å²) in [4.78, 5) is 14.8. The van der Waals surface area contributed by atoms with Crippen LogP contribution in [-0.4, -0.2) is 65.2 Å². The lowest BCUT2D eigenvalue weighted by atomic mass is 10.2. The number of benzene rings is 2. The molecule has 0 radical (unpaired) electrons. The van der Waals surface area contributed by atoms with Crippen LogP contribution in [-0.2, 0) is 19.6 Å². The Morgan fingerprint density at radius 1 is 1.13 bits per heavy atom. The maximum Gasteiger partial charge on any atom is 0.264 e. The Morgan fingerprint density at radius 2 is 1.81 bits per heavy atom. The number of ether oxygens (including phenoxy) is 1. The van der Waals surface area contributed by atoms with Gasteiger partial charge in [-0.15, -0.1) is 0 Å². The van der Waals surface area contributed by atoms with Gasteiger partial charge >= 0.3 is 0 Å². The second-order valence-corrected chi connectivity index (χ2v) is 9.30. The predicted octanol–water partition coefficient (Wildman–Crippen LogP) is 2.17. The number of para-hydroxylation sites is 1. The minimum absolute atomic E-state index is 0.00136. The number of sulfonamides is 1. The monoisotopic (exact) mass is 449 g/mol. The van der Waals surface area contributed by atoms with Crippen LogP contribution in [0.3, 0.4) is 0 Å². The van der Waals surface area contributed by atoms with E-state index in [0.29, 0.717) is 19.8 Å². The zero-order valence-corrected chi connectivity index (χ0v) is 18.4. The molecule has 168 valence electrons. The molecule has 9 heteroatoms. The second-order valence-electron chi connectivity index (χ2n) is 7.43. The molecule has 3 rings (SSSR count). The SMILES string of the molecule is Cc1ccc(S(=O)(=O)N(CC(=O)NCCCN2CCOCC2)c2ccccc2F)cc1. The van der Waals surface area contributed by atoms with Gasteiger partial charge in [-0.3, -0.25) is 14.0 Å². The molecule has 1 N–H and O–H groups in total. The van der Waals surface area contributed by atoms with Crippen molar-refractivity contribution < 1.29 is 22.3 Å². The molecule has 7 nitrogen and oxygen atoms in total. The number of morpholine rings is 1. The number of anilines is 1. The summed E-state index contributed by atoms with van der Waals surface area (Å²) >= 11 is 0. The number of carbonyl (C=O) groups excluding carboxylic acids is 1. The van der Waals surface area contributed by atoms with Crippen LogP contribution in [0.4, 0.5) is 10.1 Å². The summed E-state index contributed by atoms with van der Waals surface area (Å²) in [6, 6.07) is 11.8. The number of halogens is 1. The predicted molar refractivity (Wildman–Crippen MR) is 117 cm³/mol. The Balaban J connectivity index is 1.69. The van der Waals surface area contributed by atoms with Gasteiger partial charge in [-0.05, 0) is 44.2 Å². The zero-order valence-electron chi connectivity index (χ0n) is 17.6. The first kappa shape index (κ1) is 23.2. The molecule has 0 aromatic heterocycles. The highest BCUT2D eigenvalue weighted by Gasteiger charge is 2.29. The van der Waals surface area contributed by atoms with E-state index in [1.54, 1.807) is 12.1 Å². The number of carbonyl (C=O) groups is 1. The molecule has 2 aromatic rings. The van der Waals surface area contributed by atoms with E-state index in [1.807, 2.05) is 6.92 Å². The number of nitrogens with zero attached hydrogens (tertiary/aromatic N) is 2. The third-order valence-electron chi connectivity index (χ3n) is 5.09. The van der Waals surface area contributed by atoms with Crippen molar-refractivity contribution in [1.29, 1.82) is 0 Å². The Labute approximate surface area is 182 Å². The third-order valence-corrected chi connectivity index (χ3v) is 6.87. The van der Waals surface area contributed by atoms with E-state index in [1.165, 1.54) is 36.4 Å². The Morgan fingerprint density at radius 3 is 2.48 bits per heavy atom. The highest BCUT2D eigenvalue weighted by atomic mass is 32.2. The van der Waals surface area contributed by atoms with Crippen molar-refractivity contribution in [2.45, 2.75) is 18.2 Å². The average molecular weight is 450 g/mol. The van der Waals surface area contributed by atoms with E-state index in [-0.39, 0.29) is 10.6 Å². The molecule has 0 atom stereocenters. The van der Waals surface area contributed by atoms with Gasteiger partial charge in [0, 0.05) is 19.6 Å². The molecular formula is C22H28FN3O4S. The van der Waals surface area contributed by atoms with Crippen molar-refractivity contribution in [3.05, 3.63) is 59.9 Å². The molecule has 1 saturated heterocycles. The summed E-state index contributed by atoms with van der Waals surface area (Å²) in [6.07, 6.45) is 0.732. The lowest BCUT2D eigenvalue weighted by Crippen LogP contribution is -2.42. The van der Waals surface area contributed by atoms with E-state index in [0.717, 1.165) is 35.9 Å². The molecule has 1 amide bonds. The minimum Gasteiger partial charge on any atom is -0.379 e. The number of aryl methyl sites for hydroxylation is 1. The van der Waals surface area contributed by atoms with E-state index < -0.39 is 28.3 Å². The van der Waals surface area contributed by atoms with Crippen LogP contribution in [0.15, 0.2) is 53.4 Å². The minimum atomic E-state index is -4.13. The standard InChI is InChI=1S/C22H28FN3O4S/c1-18-7-9-19(10-8-18)31(28,29)26(21-6-3-2-5-20(21)23)17-22(27)24-11-4-12-25-13-15-30-16-14-25/h2-3,5-10H,4,11-17H2,1H3,(H,24,27). The Hall–Kier alpha value is -2.49. The number of rotatable bonds is 9. The van der Waals surface area contributed by atoms with E-state index in [9.17, 15) is 17.6 Å². The molecule has 1 aliphatic heterocycles.